The molecule has 3 N–H and O–H groups in total. The SMILES string of the molecule is N#C[N]C(=N)N. The molecule has 4 nitrogen and oxygen atoms in total. The molecule has 0 aliphatic heterocycles. The van der Waals surface area contributed by atoms with Crippen LogP contribution in [-0.4, -0.2) is 5.96 Å². The van der Waals surface area contributed by atoms with Crippen LogP contribution >= 0.6 is 0 Å². The molecule has 4 heteroatoms. The Balaban J connectivity index is 3.13. The fourth-order valence-corrected chi connectivity index (χ4v) is 0.0539. The molecule has 0 atom stereocenters. The third kappa shape index (κ3) is 2.76. The molecule has 0 spiro atoms. The number of nitrogens with one attached hydrogen (secondary N) is 1. The molecule has 0 saturated carbocycles. The summed E-state index contributed by atoms with van der Waals surface area (Å²) in [6, 6.07) is 0. The molecule has 0 heterocycles. The Hall–Kier alpha value is -1.24. The molecule has 6 heavy (non-hydrogen) atoms. The third-order valence-corrected chi connectivity index (χ3v) is 0.170. The summed E-state index contributed by atoms with van der Waals surface area (Å²) in [4.78, 5) is 0. The standard InChI is InChI=1S/C2H3N4/c3-1-6-2(4)5/h(H3,4,5). The number of nitriles is 1. The van der Waals surface area contributed by atoms with Crippen molar-refractivity contribution in [2.24, 2.45) is 5.73 Å². The average molecular weight is 83.1 g/mol. The largest absolute Gasteiger partial charge is 0.368 e. The number of hydrogen-bond acceptors (Lipinski definition) is 2. The fourth-order valence-electron chi connectivity index (χ4n) is 0.0539. The lowest BCUT2D eigenvalue weighted by Gasteiger charge is -1.77. The highest BCUT2D eigenvalue weighted by Gasteiger charge is 1.78. The van der Waals surface area contributed by atoms with Gasteiger partial charge in [-0.15, -0.1) is 5.32 Å². The Morgan fingerprint density at radius 1 is 2.00 bits per heavy atom. The van der Waals surface area contributed by atoms with Gasteiger partial charge in [0.1, 0.15) is 0 Å². The van der Waals surface area contributed by atoms with Crippen molar-refractivity contribution in [3.8, 4) is 6.19 Å². The van der Waals surface area contributed by atoms with Crippen molar-refractivity contribution in [1.82, 2.24) is 5.32 Å². The maximum Gasteiger partial charge on any atom is 0.223 e. The summed E-state index contributed by atoms with van der Waals surface area (Å²) in [6.07, 6.45) is 1.34. The minimum atomic E-state index is -0.447. The van der Waals surface area contributed by atoms with Gasteiger partial charge in [0.15, 0.2) is 0 Å². The molecule has 0 rings (SSSR count). The van der Waals surface area contributed by atoms with Crippen molar-refractivity contribution in [2.75, 3.05) is 0 Å². The second-order valence-electron chi connectivity index (χ2n) is 0.597. The average Bonchev–Trinajstić information content (AvgIpc) is 1.35. The normalized spacial score (nSPS) is 5.83. The molecule has 1 radical (unpaired) electrons. The van der Waals surface area contributed by atoms with E-state index in [9.17, 15) is 0 Å². The molecule has 0 aromatic rings. The lowest BCUT2D eigenvalue weighted by molar-refractivity contribution is 1.18. The van der Waals surface area contributed by atoms with Crippen LogP contribution in [0.5, 0.6) is 0 Å². The first-order valence-electron chi connectivity index (χ1n) is 1.21. The van der Waals surface area contributed by atoms with Crippen LogP contribution in [0.25, 0.3) is 0 Å². The number of nitrogens with zero attached hydrogens (tertiary/aromatic N) is 2. The molecule has 0 aliphatic carbocycles. The van der Waals surface area contributed by atoms with Crippen LogP contribution in [0.3, 0.4) is 0 Å². The van der Waals surface area contributed by atoms with E-state index in [4.69, 9.17) is 10.7 Å². The third-order valence-electron chi connectivity index (χ3n) is 0.170. The fraction of sp³-hybridized carbons (Fsp3) is 0. The van der Waals surface area contributed by atoms with Gasteiger partial charge in [-0.25, -0.2) is 0 Å². The number of rotatable bonds is 0. The molecule has 0 aliphatic rings. The van der Waals surface area contributed by atoms with Gasteiger partial charge < -0.3 is 5.73 Å². The van der Waals surface area contributed by atoms with E-state index in [1.807, 2.05) is 0 Å². The van der Waals surface area contributed by atoms with E-state index in [1.54, 1.807) is 0 Å². The Bertz CT molecular complexity index is 88.2. The minimum Gasteiger partial charge on any atom is -0.368 e. The lowest BCUT2D eigenvalue weighted by Crippen LogP contribution is -2.18. The highest BCUT2D eigenvalue weighted by molar-refractivity contribution is 5.75. The summed E-state index contributed by atoms with van der Waals surface area (Å²) in [6.45, 7) is 0. The Labute approximate surface area is 35.1 Å². The molecular weight excluding hydrogens is 80.1 g/mol. The second kappa shape index (κ2) is 2.03. The highest BCUT2D eigenvalue weighted by Crippen LogP contribution is 1.43. The van der Waals surface area contributed by atoms with E-state index >= 15 is 0 Å². The summed E-state index contributed by atoms with van der Waals surface area (Å²) in [5.74, 6) is -0.447. The van der Waals surface area contributed by atoms with Gasteiger partial charge in [-0.2, -0.15) is 5.26 Å². The van der Waals surface area contributed by atoms with Gasteiger partial charge in [0.05, 0.1) is 0 Å². The second-order valence-corrected chi connectivity index (χ2v) is 0.597. The summed E-state index contributed by atoms with van der Waals surface area (Å²) < 4.78 is 0. The molecule has 0 saturated heterocycles. The predicted octanol–water partition coefficient (Wildman–Crippen LogP) is -1.03. The number of guanidine groups is 1. The molecule has 0 aromatic heterocycles. The van der Waals surface area contributed by atoms with E-state index < -0.39 is 5.96 Å². The molecular formula is C2H3N4. The summed E-state index contributed by atoms with van der Waals surface area (Å²) in [5.41, 5.74) is 4.60. The quantitative estimate of drug-likeness (QED) is 0.223. The molecule has 0 amide bonds. The molecule has 0 fully saturated rings. The van der Waals surface area contributed by atoms with Crippen LogP contribution < -0.4 is 11.1 Å². The zero-order valence-corrected chi connectivity index (χ0v) is 2.97. The Morgan fingerprint density at radius 3 is 2.50 bits per heavy atom. The molecule has 0 bridgehead atoms. The summed E-state index contributed by atoms with van der Waals surface area (Å²) in [5, 5.41) is 16.7. The van der Waals surface area contributed by atoms with Gasteiger partial charge >= 0.3 is 0 Å². The molecule has 31 valence electrons. The van der Waals surface area contributed by atoms with E-state index in [-0.39, 0.29) is 0 Å². The highest BCUT2D eigenvalue weighted by atomic mass is 15.0. The van der Waals surface area contributed by atoms with Crippen molar-refractivity contribution >= 4 is 5.96 Å². The van der Waals surface area contributed by atoms with Gasteiger partial charge in [0.25, 0.3) is 0 Å². The van der Waals surface area contributed by atoms with Gasteiger partial charge in [-0.1, -0.05) is 0 Å². The van der Waals surface area contributed by atoms with Gasteiger partial charge in [0, 0.05) is 0 Å². The van der Waals surface area contributed by atoms with Crippen LogP contribution in [0, 0.1) is 16.9 Å². The van der Waals surface area contributed by atoms with Crippen molar-refractivity contribution in [3.63, 3.8) is 0 Å². The monoisotopic (exact) mass is 83.0 g/mol. The summed E-state index contributed by atoms with van der Waals surface area (Å²) in [7, 11) is 0. The van der Waals surface area contributed by atoms with Gasteiger partial charge in [-0.3, -0.25) is 5.41 Å². The van der Waals surface area contributed by atoms with E-state index in [0.717, 1.165) is 0 Å². The van der Waals surface area contributed by atoms with Gasteiger partial charge in [0.2, 0.25) is 12.2 Å². The van der Waals surface area contributed by atoms with Crippen LogP contribution in [-0.2, 0) is 0 Å². The van der Waals surface area contributed by atoms with Crippen LogP contribution in [0.1, 0.15) is 0 Å². The minimum absolute atomic E-state index is 0.447. The maximum absolute atomic E-state index is 7.60. The van der Waals surface area contributed by atoms with Crippen LogP contribution in [0.4, 0.5) is 0 Å². The predicted molar refractivity (Wildman–Crippen MR) is 19.7 cm³/mol. The lowest BCUT2D eigenvalue weighted by atomic mass is 11.0. The van der Waals surface area contributed by atoms with Crippen molar-refractivity contribution < 1.29 is 0 Å². The van der Waals surface area contributed by atoms with Crippen molar-refractivity contribution in [3.05, 3.63) is 0 Å². The first-order valence-corrected chi connectivity index (χ1v) is 1.21. The van der Waals surface area contributed by atoms with Crippen LogP contribution in [0.2, 0.25) is 0 Å². The maximum atomic E-state index is 7.60. The van der Waals surface area contributed by atoms with Gasteiger partial charge in [-0.05, 0) is 0 Å². The molecule has 0 aromatic carbocycles. The summed E-state index contributed by atoms with van der Waals surface area (Å²) >= 11 is 0. The smallest absolute Gasteiger partial charge is 0.223 e. The number of nitrogens with two attached hydrogens (primary N) is 1. The Kier molecular flexibility index (Phi) is 1.61. The van der Waals surface area contributed by atoms with E-state index in [1.165, 1.54) is 6.19 Å². The Morgan fingerprint density at radius 2 is 2.50 bits per heavy atom. The zero-order chi connectivity index (χ0) is 4.99. The van der Waals surface area contributed by atoms with Crippen molar-refractivity contribution in [1.29, 1.82) is 10.7 Å². The first-order chi connectivity index (χ1) is 2.77. The van der Waals surface area contributed by atoms with Crippen LogP contribution in [0.15, 0.2) is 0 Å². The van der Waals surface area contributed by atoms with Crippen molar-refractivity contribution in [2.45, 2.75) is 0 Å². The number of hydrogen-bond donors (Lipinski definition) is 2. The van der Waals surface area contributed by atoms with E-state index in [2.05, 4.69) is 11.1 Å². The zero-order valence-electron chi connectivity index (χ0n) is 2.97. The first kappa shape index (κ1) is 4.76. The molecule has 0 unspecified atom stereocenters. The topological polar surface area (TPSA) is 87.8 Å². The van der Waals surface area contributed by atoms with E-state index in [0.29, 0.717) is 0 Å².